The molecule has 0 N–H and O–H groups in total. The van der Waals surface area contributed by atoms with Crippen molar-refractivity contribution in [2.75, 3.05) is 26.2 Å². The van der Waals surface area contributed by atoms with Gasteiger partial charge in [0, 0.05) is 13.1 Å². The van der Waals surface area contributed by atoms with Crippen LogP contribution in [0.2, 0.25) is 0 Å². The van der Waals surface area contributed by atoms with Gasteiger partial charge in [-0.05, 0) is 61.6 Å². The largest absolute Gasteiger partial charge is 0.494 e. The second kappa shape index (κ2) is 11.1. The van der Waals surface area contributed by atoms with Gasteiger partial charge in [-0.15, -0.1) is 0 Å². The highest BCUT2D eigenvalue weighted by atomic mass is 16.5. The topological polar surface area (TPSA) is 21.7 Å². The fourth-order valence-electron chi connectivity index (χ4n) is 4.37. The average molecular weight is 416 g/mol. The summed E-state index contributed by atoms with van der Waals surface area (Å²) in [5.41, 5.74) is 3.78. The third kappa shape index (κ3) is 6.19. The number of ether oxygens (including phenoxy) is 2. The Bertz CT molecular complexity index is 873. The van der Waals surface area contributed by atoms with Crippen LogP contribution in [0.4, 0.5) is 0 Å². The molecule has 1 unspecified atom stereocenters. The molecule has 0 saturated carbocycles. The Kier molecular flexibility index (Phi) is 7.76. The van der Waals surface area contributed by atoms with E-state index in [0.717, 1.165) is 38.2 Å². The highest BCUT2D eigenvalue weighted by molar-refractivity contribution is 5.30. The summed E-state index contributed by atoms with van der Waals surface area (Å²) in [5, 5.41) is 0. The maximum absolute atomic E-state index is 6.74. The zero-order valence-corrected chi connectivity index (χ0v) is 18.5. The van der Waals surface area contributed by atoms with E-state index in [1.807, 2.05) is 13.0 Å². The Hall–Kier alpha value is -2.62. The second-order valence-electron chi connectivity index (χ2n) is 8.23. The molecule has 3 heteroatoms. The van der Waals surface area contributed by atoms with Crippen LogP contribution in [-0.4, -0.2) is 37.2 Å². The predicted octanol–water partition coefficient (Wildman–Crippen LogP) is 5.90. The van der Waals surface area contributed by atoms with Gasteiger partial charge in [0.2, 0.25) is 0 Å². The molecule has 1 fully saturated rings. The van der Waals surface area contributed by atoms with Gasteiger partial charge in [-0.3, -0.25) is 0 Å². The SMILES string of the molecule is CCOc1cccc(CCN2CCCC(OC(c3ccccc3)c3ccccc3)C2)c1. The molecule has 1 aliphatic rings. The van der Waals surface area contributed by atoms with Crippen LogP contribution in [0.15, 0.2) is 84.9 Å². The number of piperidine rings is 1. The summed E-state index contributed by atoms with van der Waals surface area (Å²) in [5.74, 6) is 0.966. The summed E-state index contributed by atoms with van der Waals surface area (Å²) >= 11 is 0. The van der Waals surface area contributed by atoms with Crippen molar-refractivity contribution >= 4 is 0 Å². The van der Waals surface area contributed by atoms with Gasteiger partial charge < -0.3 is 14.4 Å². The van der Waals surface area contributed by atoms with Crippen LogP contribution in [-0.2, 0) is 11.2 Å². The minimum atomic E-state index is -0.0183. The fourth-order valence-corrected chi connectivity index (χ4v) is 4.37. The number of likely N-dealkylation sites (tertiary alicyclic amines) is 1. The molecule has 3 aromatic rings. The van der Waals surface area contributed by atoms with Crippen molar-refractivity contribution in [3.63, 3.8) is 0 Å². The molecule has 1 atom stereocenters. The highest BCUT2D eigenvalue weighted by Gasteiger charge is 2.25. The maximum atomic E-state index is 6.74. The number of nitrogens with zero attached hydrogens (tertiary/aromatic N) is 1. The van der Waals surface area contributed by atoms with Gasteiger partial charge in [0.05, 0.1) is 12.7 Å². The minimum absolute atomic E-state index is 0.0183. The predicted molar refractivity (Wildman–Crippen MR) is 127 cm³/mol. The molecule has 1 aliphatic heterocycles. The van der Waals surface area contributed by atoms with Crippen molar-refractivity contribution < 1.29 is 9.47 Å². The Balaban J connectivity index is 1.38. The first-order chi connectivity index (χ1) is 15.3. The molecule has 0 spiro atoms. The van der Waals surface area contributed by atoms with Crippen LogP contribution in [0.1, 0.15) is 42.6 Å². The molecule has 1 saturated heterocycles. The summed E-state index contributed by atoms with van der Waals surface area (Å²) in [6.45, 7) is 5.92. The third-order valence-corrected chi connectivity index (χ3v) is 5.92. The third-order valence-electron chi connectivity index (χ3n) is 5.92. The van der Waals surface area contributed by atoms with Crippen LogP contribution in [0.3, 0.4) is 0 Å². The summed E-state index contributed by atoms with van der Waals surface area (Å²) in [4.78, 5) is 2.55. The first-order valence-corrected chi connectivity index (χ1v) is 11.5. The molecule has 31 heavy (non-hydrogen) atoms. The van der Waals surface area contributed by atoms with Crippen LogP contribution in [0.25, 0.3) is 0 Å². The minimum Gasteiger partial charge on any atom is -0.494 e. The zero-order chi connectivity index (χ0) is 21.3. The van der Waals surface area contributed by atoms with Gasteiger partial charge in [-0.25, -0.2) is 0 Å². The Labute approximate surface area is 186 Å². The molecule has 3 nitrogen and oxygen atoms in total. The van der Waals surface area contributed by atoms with Crippen LogP contribution < -0.4 is 4.74 Å². The second-order valence-corrected chi connectivity index (χ2v) is 8.23. The lowest BCUT2D eigenvalue weighted by atomic mass is 10.00. The fraction of sp³-hybridized carbons (Fsp3) is 0.357. The van der Waals surface area contributed by atoms with E-state index in [0.29, 0.717) is 6.61 Å². The van der Waals surface area contributed by atoms with Crippen molar-refractivity contribution in [3.05, 3.63) is 102 Å². The summed E-state index contributed by atoms with van der Waals surface area (Å²) in [6, 6.07) is 29.7. The standard InChI is InChI=1S/C28H33NO2/c1-2-30-26-16-9-11-23(21-26)18-20-29-19-10-17-27(22-29)31-28(24-12-5-3-6-13-24)25-14-7-4-8-15-25/h3-9,11-16,21,27-28H,2,10,17-20,22H2,1H3. The van der Waals surface area contributed by atoms with E-state index in [2.05, 4.69) is 83.8 Å². The molecule has 3 aromatic carbocycles. The van der Waals surface area contributed by atoms with Crippen molar-refractivity contribution in [2.24, 2.45) is 0 Å². The van der Waals surface area contributed by atoms with E-state index in [-0.39, 0.29) is 12.2 Å². The molecular formula is C28H33NO2. The van der Waals surface area contributed by atoms with Crippen molar-refractivity contribution in [1.29, 1.82) is 0 Å². The molecule has 1 heterocycles. The lowest BCUT2D eigenvalue weighted by molar-refractivity contribution is -0.0330. The molecule has 0 bridgehead atoms. The number of rotatable bonds is 9. The summed E-state index contributed by atoms with van der Waals surface area (Å²) in [7, 11) is 0. The van der Waals surface area contributed by atoms with Gasteiger partial charge in [0.15, 0.2) is 0 Å². The van der Waals surface area contributed by atoms with Crippen LogP contribution in [0.5, 0.6) is 5.75 Å². The Morgan fingerprint density at radius 1 is 0.903 bits per heavy atom. The lowest BCUT2D eigenvalue weighted by Crippen LogP contribution is -2.41. The van der Waals surface area contributed by atoms with Crippen molar-refractivity contribution in [1.82, 2.24) is 4.90 Å². The Morgan fingerprint density at radius 3 is 2.29 bits per heavy atom. The smallest absolute Gasteiger partial charge is 0.119 e. The molecule has 162 valence electrons. The van der Waals surface area contributed by atoms with Crippen LogP contribution in [0, 0.1) is 0 Å². The molecule has 0 aliphatic carbocycles. The zero-order valence-electron chi connectivity index (χ0n) is 18.5. The summed E-state index contributed by atoms with van der Waals surface area (Å²) in [6.07, 6.45) is 3.56. The quantitative estimate of drug-likeness (QED) is 0.434. The normalized spacial score (nSPS) is 17.0. The van der Waals surface area contributed by atoms with E-state index in [1.54, 1.807) is 0 Å². The average Bonchev–Trinajstić information content (AvgIpc) is 2.83. The molecule has 4 rings (SSSR count). The first-order valence-electron chi connectivity index (χ1n) is 11.5. The van der Waals surface area contributed by atoms with Gasteiger partial charge in [-0.2, -0.15) is 0 Å². The number of hydrogen-bond donors (Lipinski definition) is 0. The lowest BCUT2D eigenvalue weighted by Gasteiger charge is -2.35. The number of benzene rings is 3. The maximum Gasteiger partial charge on any atom is 0.119 e. The Morgan fingerprint density at radius 2 is 1.61 bits per heavy atom. The van der Waals surface area contributed by atoms with E-state index in [1.165, 1.54) is 23.1 Å². The number of hydrogen-bond acceptors (Lipinski definition) is 3. The van der Waals surface area contributed by atoms with Crippen molar-refractivity contribution in [3.8, 4) is 5.75 Å². The van der Waals surface area contributed by atoms with Gasteiger partial charge >= 0.3 is 0 Å². The van der Waals surface area contributed by atoms with Gasteiger partial charge in [0.1, 0.15) is 11.9 Å². The van der Waals surface area contributed by atoms with E-state index >= 15 is 0 Å². The molecule has 0 radical (unpaired) electrons. The monoisotopic (exact) mass is 415 g/mol. The van der Waals surface area contributed by atoms with E-state index in [9.17, 15) is 0 Å². The first kappa shape index (κ1) is 21.6. The van der Waals surface area contributed by atoms with Crippen molar-refractivity contribution in [2.45, 2.75) is 38.4 Å². The van der Waals surface area contributed by atoms with E-state index < -0.39 is 0 Å². The molecule has 0 aromatic heterocycles. The summed E-state index contributed by atoms with van der Waals surface area (Å²) < 4.78 is 12.4. The van der Waals surface area contributed by atoms with Crippen LogP contribution >= 0.6 is 0 Å². The molecule has 0 amide bonds. The van der Waals surface area contributed by atoms with Gasteiger partial charge in [0.25, 0.3) is 0 Å². The van der Waals surface area contributed by atoms with E-state index in [4.69, 9.17) is 9.47 Å². The highest BCUT2D eigenvalue weighted by Crippen LogP contribution is 2.29. The molecular weight excluding hydrogens is 382 g/mol. The van der Waals surface area contributed by atoms with Gasteiger partial charge in [-0.1, -0.05) is 72.8 Å².